The first-order valence-electron chi connectivity index (χ1n) is 7.59. The highest BCUT2D eigenvalue weighted by Gasteiger charge is 2.32. The van der Waals surface area contributed by atoms with Crippen molar-refractivity contribution in [2.45, 2.75) is 45.2 Å². The van der Waals surface area contributed by atoms with Crippen molar-refractivity contribution in [3.63, 3.8) is 0 Å². The summed E-state index contributed by atoms with van der Waals surface area (Å²) in [4.78, 5) is 37.3. The van der Waals surface area contributed by atoms with Crippen molar-refractivity contribution in [1.29, 1.82) is 0 Å². The monoisotopic (exact) mass is 296 g/mol. The van der Waals surface area contributed by atoms with Crippen LogP contribution in [0.25, 0.3) is 0 Å². The van der Waals surface area contributed by atoms with Crippen molar-refractivity contribution < 1.29 is 14.4 Å². The number of nitrogens with zero attached hydrogens (tertiary/aromatic N) is 1. The molecule has 2 saturated heterocycles. The third kappa shape index (κ3) is 4.17. The van der Waals surface area contributed by atoms with Gasteiger partial charge in [0.2, 0.25) is 11.8 Å². The summed E-state index contributed by atoms with van der Waals surface area (Å²) in [5.74, 6) is -0.284. The molecule has 0 aliphatic carbocycles. The summed E-state index contributed by atoms with van der Waals surface area (Å²) >= 11 is 0. The van der Waals surface area contributed by atoms with E-state index in [1.54, 1.807) is 4.90 Å². The average Bonchev–Trinajstić information content (AvgIpc) is 2.80. The summed E-state index contributed by atoms with van der Waals surface area (Å²) in [7, 11) is 0. The molecular formula is C14H24N4O3. The van der Waals surface area contributed by atoms with E-state index in [4.69, 9.17) is 0 Å². The maximum atomic E-state index is 11.9. The van der Waals surface area contributed by atoms with E-state index in [0.29, 0.717) is 13.0 Å². The maximum absolute atomic E-state index is 11.9. The van der Waals surface area contributed by atoms with Gasteiger partial charge in [-0.3, -0.25) is 14.9 Å². The van der Waals surface area contributed by atoms with Crippen molar-refractivity contribution >= 4 is 17.8 Å². The summed E-state index contributed by atoms with van der Waals surface area (Å²) in [6, 6.07) is -0.591. The third-order valence-corrected chi connectivity index (χ3v) is 4.06. The number of nitrogens with one attached hydrogen (secondary N) is 3. The highest BCUT2D eigenvalue weighted by Crippen LogP contribution is 2.14. The van der Waals surface area contributed by atoms with Gasteiger partial charge in [-0.15, -0.1) is 0 Å². The average molecular weight is 296 g/mol. The number of carbonyl (C=O) groups excluding carboxylic acids is 3. The van der Waals surface area contributed by atoms with Crippen molar-refractivity contribution in [3.8, 4) is 0 Å². The van der Waals surface area contributed by atoms with Gasteiger partial charge in [-0.05, 0) is 39.8 Å². The van der Waals surface area contributed by atoms with E-state index in [1.807, 2.05) is 13.8 Å². The zero-order valence-electron chi connectivity index (χ0n) is 12.6. The lowest BCUT2D eigenvalue weighted by atomic mass is 9.97. The minimum atomic E-state index is -0.498. The number of carbonyl (C=O) groups is 3. The normalized spacial score (nSPS) is 23.5. The third-order valence-electron chi connectivity index (χ3n) is 4.06. The highest BCUT2D eigenvalue weighted by molar-refractivity contribution is 5.96. The zero-order chi connectivity index (χ0) is 15.4. The standard InChI is InChI=1S/C14H24N4O3/c1-9(2)18-8-11(7-12(18)19)16-14(21)17-13(20)10-3-5-15-6-4-10/h9-11,15H,3-8H2,1-2H3,(H2,16,17,20,21). The largest absolute Gasteiger partial charge is 0.338 e. The molecule has 2 fully saturated rings. The molecular weight excluding hydrogens is 272 g/mol. The first-order chi connectivity index (χ1) is 9.97. The predicted octanol–water partition coefficient (Wildman–Crippen LogP) is -0.179. The van der Waals surface area contributed by atoms with Crippen LogP contribution in [0.2, 0.25) is 0 Å². The van der Waals surface area contributed by atoms with Crippen LogP contribution >= 0.6 is 0 Å². The highest BCUT2D eigenvalue weighted by atomic mass is 16.2. The Morgan fingerprint density at radius 1 is 1.29 bits per heavy atom. The fourth-order valence-corrected chi connectivity index (χ4v) is 2.85. The molecule has 0 bridgehead atoms. The molecule has 0 spiro atoms. The first kappa shape index (κ1) is 15.8. The molecule has 0 aromatic rings. The number of hydrogen-bond acceptors (Lipinski definition) is 4. The first-order valence-corrected chi connectivity index (χ1v) is 7.59. The van der Waals surface area contributed by atoms with Crippen LogP contribution in [0.1, 0.15) is 33.1 Å². The number of likely N-dealkylation sites (tertiary alicyclic amines) is 1. The van der Waals surface area contributed by atoms with Crippen molar-refractivity contribution in [2.75, 3.05) is 19.6 Å². The van der Waals surface area contributed by atoms with Crippen LogP contribution in [0.5, 0.6) is 0 Å². The van der Waals surface area contributed by atoms with E-state index >= 15 is 0 Å². The van der Waals surface area contributed by atoms with Crippen molar-refractivity contribution in [2.24, 2.45) is 5.92 Å². The van der Waals surface area contributed by atoms with Crippen LogP contribution in [0, 0.1) is 5.92 Å². The summed E-state index contributed by atoms with van der Waals surface area (Å²) < 4.78 is 0. The molecule has 21 heavy (non-hydrogen) atoms. The summed E-state index contributed by atoms with van der Waals surface area (Å²) in [6.45, 7) is 6.01. The molecule has 2 heterocycles. The van der Waals surface area contributed by atoms with Crippen molar-refractivity contribution in [3.05, 3.63) is 0 Å². The van der Waals surface area contributed by atoms with Gasteiger partial charge < -0.3 is 15.5 Å². The Bertz CT molecular complexity index is 418. The molecule has 0 radical (unpaired) electrons. The zero-order valence-corrected chi connectivity index (χ0v) is 12.6. The van der Waals surface area contributed by atoms with Gasteiger partial charge in [-0.25, -0.2) is 4.79 Å². The molecule has 2 aliphatic rings. The second-order valence-electron chi connectivity index (χ2n) is 6.03. The Kier molecular flexibility index (Phi) is 5.17. The Morgan fingerprint density at radius 2 is 1.95 bits per heavy atom. The number of urea groups is 1. The van der Waals surface area contributed by atoms with Crippen LogP contribution in [-0.4, -0.2) is 54.5 Å². The topological polar surface area (TPSA) is 90.5 Å². The number of hydrogen-bond donors (Lipinski definition) is 3. The van der Waals surface area contributed by atoms with E-state index in [9.17, 15) is 14.4 Å². The summed E-state index contributed by atoms with van der Waals surface area (Å²) in [6.07, 6.45) is 1.80. The van der Waals surface area contributed by atoms with Crippen LogP contribution < -0.4 is 16.0 Å². The van der Waals surface area contributed by atoms with Crippen LogP contribution in [0.3, 0.4) is 0 Å². The van der Waals surface area contributed by atoms with Crippen LogP contribution in [0.15, 0.2) is 0 Å². The number of imide groups is 1. The molecule has 7 nitrogen and oxygen atoms in total. The lowest BCUT2D eigenvalue weighted by molar-refractivity contribution is -0.129. The molecule has 2 aliphatic heterocycles. The minimum absolute atomic E-state index is 0.0416. The van der Waals surface area contributed by atoms with Gasteiger partial charge in [0.1, 0.15) is 0 Å². The maximum Gasteiger partial charge on any atom is 0.321 e. The Balaban J connectivity index is 1.77. The molecule has 4 amide bonds. The fraction of sp³-hybridized carbons (Fsp3) is 0.786. The molecule has 2 rings (SSSR count). The fourth-order valence-electron chi connectivity index (χ4n) is 2.85. The summed E-state index contributed by atoms with van der Waals surface area (Å²) in [5, 5.41) is 8.28. The Morgan fingerprint density at radius 3 is 2.52 bits per heavy atom. The van der Waals surface area contributed by atoms with E-state index in [2.05, 4.69) is 16.0 Å². The van der Waals surface area contributed by atoms with Gasteiger partial charge in [-0.2, -0.15) is 0 Å². The van der Waals surface area contributed by atoms with E-state index in [-0.39, 0.29) is 29.8 Å². The van der Waals surface area contributed by atoms with Gasteiger partial charge >= 0.3 is 6.03 Å². The molecule has 0 aromatic carbocycles. The van der Waals surface area contributed by atoms with E-state index in [0.717, 1.165) is 25.9 Å². The molecule has 118 valence electrons. The molecule has 1 atom stereocenters. The second-order valence-corrected chi connectivity index (χ2v) is 6.03. The van der Waals surface area contributed by atoms with Crippen molar-refractivity contribution in [1.82, 2.24) is 20.9 Å². The van der Waals surface area contributed by atoms with Gasteiger partial charge in [-0.1, -0.05) is 0 Å². The molecule has 7 heteroatoms. The van der Waals surface area contributed by atoms with E-state index < -0.39 is 6.03 Å². The van der Waals surface area contributed by atoms with Gasteiger partial charge in [0.15, 0.2) is 0 Å². The number of amides is 4. The molecule has 1 unspecified atom stereocenters. The molecule has 0 saturated carbocycles. The summed E-state index contributed by atoms with van der Waals surface area (Å²) in [5.41, 5.74) is 0. The second kappa shape index (κ2) is 6.89. The Hall–Kier alpha value is -1.63. The van der Waals surface area contributed by atoms with E-state index in [1.165, 1.54) is 0 Å². The van der Waals surface area contributed by atoms with Gasteiger partial charge in [0.25, 0.3) is 0 Å². The molecule has 0 aromatic heterocycles. The van der Waals surface area contributed by atoms with Gasteiger partial charge in [0, 0.05) is 24.9 Å². The SMILES string of the molecule is CC(C)N1CC(NC(=O)NC(=O)C2CCNCC2)CC1=O. The van der Waals surface area contributed by atoms with Gasteiger partial charge in [0.05, 0.1) is 6.04 Å². The lowest BCUT2D eigenvalue weighted by Gasteiger charge is -2.22. The quantitative estimate of drug-likeness (QED) is 0.674. The Labute approximate surface area is 124 Å². The molecule has 3 N–H and O–H groups in total. The lowest BCUT2D eigenvalue weighted by Crippen LogP contribution is -2.48. The van der Waals surface area contributed by atoms with Crippen LogP contribution in [0.4, 0.5) is 4.79 Å². The smallest absolute Gasteiger partial charge is 0.321 e. The number of rotatable bonds is 3. The minimum Gasteiger partial charge on any atom is -0.338 e. The number of piperidine rings is 1. The predicted molar refractivity (Wildman–Crippen MR) is 77.5 cm³/mol. The van der Waals surface area contributed by atoms with Crippen LogP contribution in [-0.2, 0) is 9.59 Å².